The van der Waals surface area contributed by atoms with Crippen LogP contribution in [0.25, 0.3) is 10.9 Å². The number of pyridine rings is 1. The van der Waals surface area contributed by atoms with Gasteiger partial charge >= 0.3 is 0 Å². The molecule has 3 rings (SSSR count). The van der Waals surface area contributed by atoms with Crippen LogP contribution in [0.1, 0.15) is 5.56 Å². The number of rotatable bonds is 2. The fraction of sp³-hybridized carbons (Fsp3) is 0.0588. The van der Waals surface area contributed by atoms with E-state index in [-0.39, 0.29) is 0 Å². The molecule has 0 aliphatic carbocycles. The molecule has 2 N–H and O–H groups in total. The normalized spacial score (nSPS) is 10.3. The first-order valence-corrected chi connectivity index (χ1v) is 6.58. The fourth-order valence-corrected chi connectivity index (χ4v) is 2.38. The van der Waals surface area contributed by atoms with Gasteiger partial charge in [0.1, 0.15) is 0 Å². The van der Waals surface area contributed by atoms with Gasteiger partial charge in [0.25, 0.3) is 0 Å². The summed E-state index contributed by atoms with van der Waals surface area (Å²) in [6.45, 7) is 0. The molecular weight excluding hydrogens is 260 g/mol. The zero-order chi connectivity index (χ0) is 14.8. The minimum atomic E-state index is 0.625. The predicted octanol–water partition coefficient (Wildman–Crippen LogP) is 3.46. The minimum Gasteiger partial charge on any atom is -0.396 e. The summed E-state index contributed by atoms with van der Waals surface area (Å²) in [6, 6.07) is 17.3. The first kappa shape index (κ1) is 12.9. The van der Waals surface area contributed by atoms with Gasteiger partial charge in [0.2, 0.25) is 0 Å². The highest BCUT2D eigenvalue weighted by Gasteiger charge is 2.11. The molecule has 1 heterocycles. The number of nitrogen functional groups attached to an aromatic ring is 1. The molecule has 0 fully saturated rings. The smallest absolute Gasteiger partial charge is 0.0992 e. The highest BCUT2D eigenvalue weighted by atomic mass is 15.1. The van der Waals surface area contributed by atoms with Gasteiger partial charge in [-0.3, -0.25) is 4.98 Å². The SMILES string of the molecule is CN(c1cccc(C#N)c1)c1ccc2ncccc2c1N. The van der Waals surface area contributed by atoms with E-state index in [4.69, 9.17) is 11.0 Å². The molecule has 4 nitrogen and oxygen atoms in total. The molecule has 21 heavy (non-hydrogen) atoms. The Morgan fingerprint density at radius 2 is 2.00 bits per heavy atom. The topological polar surface area (TPSA) is 65.9 Å². The van der Waals surface area contributed by atoms with Crippen LogP contribution in [0.15, 0.2) is 54.7 Å². The summed E-state index contributed by atoms with van der Waals surface area (Å²) < 4.78 is 0. The summed E-state index contributed by atoms with van der Waals surface area (Å²) in [5.74, 6) is 0. The average Bonchev–Trinajstić information content (AvgIpc) is 2.55. The number of hydrogen-bond donors (Lipinski definition) is 1. The van der Waals surface area contributed by atoms with Crippen molar-refractivity contribution in [1.29, 1.82) is 5.26 Å². The molecule has 0 radical (unpaired) electrons. The molecule has 0 atom stereocenters. The Morgan fingerprint density at radius 1 is 1.14 bits per heavy atom. The summed E-state index contributed by atoms with van der Waals surface area (Å²) in [6.07, 6.45) is 1.75. The van der Waals surface area contributed by atoms with Crippen molar-refractivity contribution in [3.05, 3.63) is 60.3 Å². The van der Waals surface area contributed by atoms with E-state index in [0.717, 1.165) is 22.3 Å². The lowest BCUT2D eigenvalue weighted by molar-refractivity contribution is 1.21. The molecule has 0 aliphatic rings. The summed E-state index contributed by atoms with van der Waals surface area (Å²) in [4.78, 5) is 6.28. The van der Waals surface area contributed by atoms with Crippen LogP contribution in [-0.4, -0.2) is 12.0 Å². The average molecular weight is 274 g/mol. The van der Waals surface area contributed by atoms with E-state index in [2.05, 4.69) is 11.1 Å². The Hall–Kier alpha value is -3.06. The van der Waals surface area contributed by atoms with Crippen LogP contribution in [0, 0.1) is 11.3 Å². The van der Waals surface area contributed by atoms with Crippen LogP contribution in [0.2, 0.25) is 0 Å². The van der Waals surface area contributed by atoms with Crippen molar-refractivity contribution in [2.24, 2.45) is 0 Å². The van der Waals surface area contributed by atoms with Gasteiger partial charge < -0.3 is 10.6 Å². The monoisotopic (exact) mass is 274 g/mol. The second-order valence-corrected chi connectivity index (χ2v) is 4.79. The van der Waals surface area contributed by atoms with Crippen molar-refractivity contribution in [1.82, 2.24) is 4.98 Å². The van der Waals surface area contributed by atoms with E-state index < -0.39 is 0 Å². The van der Waals surface area contributed by atoms with E-state index in [1.165, 1.54) is 0 Å². The fourth-order valence-electron chi connectivity index (χ4n) is 2.38. The lowest BCUT2D eigenvalue weighted by Crippen LogP contribution is -2.12. The predicted molar refractivity (Wildman–Crippen MR) is 85.4 cm³/mol. The second kappa shape index (κ2) is 5.14. The summed E-state index contributed by atoms with van der Waals surface area (Å²) in [5.41, 5.74) is 10.3. The van der Waals surface area contributed by atoms with Crippen molar-refractivity contribution in [2.45, 2.75) is 0 Å². The number of nitrogens with zero attached hydrogens (tertiary/aromatic N) is 3. The van der Waals surface area contributed by atoms with E-state index >= 15 is 0 Å². The highest BCUT2D eigenvalue weighted by Crippen LogP contribution is 2.33. The summed E-state index contributed by atoms with van der Waals surface area (Å²) in [5, 5.41) is 9.94. The van der Waals surface area contributed by atoms with E-state index in [1.807, 2.05) is 54.4 Å². The molecule has 0 spiro atoms. The van der Waals surface area contributed by atoms with Gasteiger partial charge in [-0.25, -0.2) is 0 Å². The third kappa shape index (κ3) is 2.26. The molecule has 0 amide bonds. The Kier molecular flexibility index (Phi) is 3.17. The van der Waals surface area contributed by atoms with Gasteiger partial charge in [0.15, 0.2) is 0 Å². The number of aromatic nitrogens is 1. The Balaban J connectivity index is 2.11. The lowest BCUT2D eigenvalue weighted by atomic mass is 10.1. The molecule has 0 unspecified atom stereocenters. The van der Waals surface area contributed by atoms with Crippen LogP contribution in [-0.2, 0) is 0 Å². The van der Waals surface area contributed by atoms with E-state index in [1.54, 1.807) is 12.3 Å². The maximum atomic E-state index is 9.01. The van der Waals surface area contributed by atoms with Crippen LogP contribution >= 0.6 is 0 Å². The van der Waals surface area contributed by atoms with Gasteiger partial charge in [-0.1, -0.05) is 6.07 Å². The number of benzene rings is 2. The first-order chi connectivity index (χ1) is 10.2. The van der Waals surface area contributed by atoms with Gasteiger partial charge in [-0.05, 0) is 42.5 Å². The molecule has 0 bridgehead atoms. The number of fused-ring (bicyclic) bond motifs is 1. The van der Waals surface area contributed by atoms with Gasteiger partial charge in [-0.15, -0.1) is 0 Å². The molecule has 0 aliphatic heterocycles. The van der Waals surface area contributed by atoms with Crippen molar-refractivity contribution >= 4 is 28.0 Å². The first-order valence-electron chi connectivity index (χ1n) is 6.58. The zero-order valence-electron chi connectivity index (χ0n) is 11.6. The number of anilines is 3. The van der Waals surface area contributed by atoms with Crippen LogP contribution < -0.4 is 10.6 Å². The van der Waals surface area contributed by atoms with Gasteiger partial charge in [-0.2, -0.15) is 5.26 Å². The summed E-state index contributed by atoms with van der Waals surface area (Å²) in [7, 11) is 1.93. The minimum absolute atomic E-state index is 0.625. The number of hydrogen-bond acceptors (Lipinski definition) is 4. The molecule has 102 valence electrons. The second-order valence-electron chi connectivity index (χ2n) is 4.79. The van der Waals surface area contributed by atoms with Crippen molar-refractivity contribution < 1.29 is 0 Å². The Bertz CT molecular complexity index is 849. The maximum Gasteiger partial charge on any atom is 0.0992 e. The molecule has 0 saturated carbocycles. The van der Waals surface area contributed by atoms with Crippen molar-refractivity contribution in [3.63, 3.8) is 0 Å². The lowest BCUT2D eigenvalue weighted by Gasteiger charge is -2.22. The number of nitriles is 1. The molecule has 3 aromatic rings. The summed E-state index contributed by atoms with van der Waals surface area (Å²) >= 11 is 0. The Morgan fingerprint density at radius 3 is 2.81 bits per heavy atom. The molecule has 1 aromatic heterocycles. The van der Waals surface area contributed by atoms with Gasteiger partial charge in [0, 0.05) is 24.3 Å². The van der Waals surface area contributed by atoms with Crippen LogP contribution in [0.5, 0.6) is 0 Å². The third-order valence-electron chi connectivity index (χ3n) is 3.53. The molecule has 0 saturated heterocycles. The van der Waals surface area contributed by atoms with Crippen molar-refractivity contribution in [3.8, 4) is 6.07 Å². The van der Waals surface area contributed by atoms with Crippen LogP contribution in [0.4, 0.5) is 17.1 Å². The number of nitrogens with two attached hydrogens (primary N) is 1. The van der Waals surface area contributed by atoms with Gasteiger partial charge in [0.05, 0.1) is 28.5 Å². The largest absolute Gasteiger partial charge is 0.396 e. The van der Waals surface area contributed by atoms with Crippen LogP contribution in [0.3, 0.4) is 0 Å². The highest BCUT2D eigenvalue weighted by molar-refractivity contribution is 5.98. The molecule has 2 aromatic carbocycles. The van der Waals surface area contributed by atoms with E-state index in [0.29, 0.717) is 11.3 Å². The van der Waals surface area contributed by atoms with E-state index in [9.17, 15) is 0 Å². The molecule has 4 heteroatoms. The Labute approximate surface area is 123 Å². The third-order valence-corrected chi connectivity index (χ3v) is 3.53. The molecular formula is C17H14N4. The van der Waals surface area contributed by atoms with Crippen molar-refractivity contribution in [2.75, 3.05) is 17.7 Å². The quantitative estimate of drug-likeness (QED) is 0.727. The standard InChI is InChI=1S/C17H14N4/c1-21(13-5-2-4-12(10-13)11-18)16-8-7-15-14(17(16)19)6-3-9-20-15/h2-10H,19H2,1H3. The maximum absolute atomic E-state index is 9.01. The zero-order valence-corrected chi connectivity index (χ0v) is 11.6.